The van der Waals surface area contributed by atoms with Crippen LogP contribution in [0.25, 0.3) is 10.9 Å². The molecule has 4 aromatic rings. The van der Waals surface area contributed by atoms with Crippen molar-refractivity contribution in [2.45, 2.75) is 44.6 Å². The Morgan fingerprint density at radius 2 is 1.85 bits per heavy atom. The Morgan fingerprint density at radius 1 is 1.05 bits per heavy atom. The van der Waals surface area contributed by atoms with Gasteiger partial charge in [0.2, 0.25) is 0 Å². The summed E-state index contributed by atoms with van der Waals surface area (Å²) in [7, 11) is 0. The fourth-order valence-corrected chi connectivity index (χ4v) is 6.73. The Morgan fingerprint density at radius 3 is 2.63 bits per heavy atom. The molecule has 3 unspecified atom stereocenters. The molecule has 3 aromatic carbocycles. The fraction of sp³-hybridized carbons (Fsp3) is 0.314. The van der Waals surface area contributed by atoms with Gasteiger partial charge in [0.1, 0.15) is 5.69 Å². The standard InChI is InChI=1S/C35H34ClNO3S/c1-23(38)19-27-6-2-3-8-31(27)32(17-18-41-22-33(35(39)40)25-10-11-25)28-7-4-5-24(20-28)9-15-30-16-13-26-12-14-29(36)21-34(26)37-30/h2-8,12-14,16,20-21,23,25,32-33,38H,10-11,17-19,22H2,1H3,(H,39,40). The number of aliphatic hydroxyl groups excluding tert-OH is 1. The van der Waals surface area contributed by atoms with Crippen molar-refractivity contribution in [3.8, 4) is 11.8 Å². The van der Waals surface area contributed by atoms with Crippen molar-refractivity contribution in [1.29, 1.82) is 0 Å². The number of halogens is 1. The normalized spacial score (nSPS) is 15.1. The molecule has 0 bridgehead atoms. The van der Waals surface area contributed by atoms with E-state index in [1.807, 2.05) is 55.5 Å². The van der Waals surface area contributed by atoms with Gasteiger partial charge in [-0.2, -0.15) is 11.8 Å². The molecule has 1 aliphatic rings. The Kier molecular flexibility index (Phi) is 9.67. The van der Waals surface area contributed by atoms with E-state index in [9.17, 15) is 15.0 Å². The number of carboxylic acids is 1. The van der Waals surface area contributed by atoms with Crippen LogP contribution in [-0.4, -0.2) is 38.8 Å². The van der Waals surface area contributed by atoms with Crippen molar-refractivity contribution < 1.29 is 15.0 Å². The van der Waals surface area contributed by atoms with Gasteiger partial charge in [-0.15, -0.1) is 0 Å². The summed E-state index contributed by atoms with van der Waals surface area (Å²) in [5.41, 5.74) is 5.89. The number of nitrogens with zero attached hydrogens (tertiary/aromatic N) is 1. The van der Waals surface area contributed by atoms with Crippen molar-refractivity contribution in [3.05, 3.63) is 112 Å². The van der Waals surface area contributed by atoms with Crippen LogP contribution in [0.3, 0.4) is 0 Å². The monoisotopic (exact) mass is 583 g/mol. The third-order valence-corrected chi connectivity index (χ3v) is 8.93. The van der Waals surface area contributed by atoms with Gasteiger partial charge in [0.15, 0.2) is 0 Å². The van der Waals surface area contributed by atoms with Crippen LogP contribution in [0.5, 0.6) is 0 Å². The first-order valence-electron chi connectivity index (χ1n) is 14.1. The molecule has 5 rings (SSSR count). The van der Waals surface area contributed by atoms with Crippen LogP contribution >= 0.6 is 23.4 Å². The first-order chi connectivity index (χ1) is 19.9. The summed E-state index contributed by atoms with van der Waals surface area (Å²) >= 11 is 7.89. The minimum Gasteiger partial charge on any atom is -0.481 e. The number of carboxylic acid groups (broad SMARTS) is 1. The number of pyridine rings is 1. The molecule has 0 amide bonds. The van der Waals surface area contributed by atoms with Gasteiger partial charge in [0.05, 0.1) is 17.5 Å². The van der Waals surface area contributed by atoms with Crippen LogP contribution in [0, 0.1) is 23.7 Å². The van der Waals surface area contributed by atoms with E-state index in [1.54, 1.807) is 11.8 Å². The molecule has 210 valence electrons. The van der Waals surface area contributed by atoms with E-state index in [0.29, 0.717) is 28.8 Å². The van der Waals surface area contributed by atoms with E-state index < -0.39 is 12.1 Å². The molecule has 4 nitrogen and oxygen atoms in total. The highest BCUT2D eigenvalue weighted by molar-refractivity contribution is 7.99. The number of carbonyl (C=O) groups is 1. The second-order valence-corrected chi connectivity index (χ2v) is 12.4. The number of fused-ring (bicyclic) bond motifs is 1. The lowest BCUT2D eigenvalue weighted by molar-refractivity contribution is -0.141. The lowest BCUT2D eigenvalue weighted by Crippen LogP contribution is -2.18. The van der Waals surface area contributed by atoms with E-state index in [4.69, 9.17) is 11.6 Å². The van der Waals surface area contributed by atoms with Crippen LogP contribution in [0.4, 0.5) is 0 Å². The third kappa shape index (κ3) is 7.92. The molecule has 0 radical (unpaired) electrons. The number of hydrogen-bond donors (Lipinski definition) is 2. The first kappa shape index (κ1) is 29.2. The van der Waals surface area contributed by atoms with Gasteiger partial charge in [0, 0.05) is 27.6 Å². The maximum atomic E-state index is 11.7. The second-order valence-electron chi connectivity index (χ2n) is 10.9. The van der Waals surface area contributed by atoms with Crippen molar-refractivity contribution in [1.82, 2.24) is 4.98 Å². The summed E-state index contributed by atoms with van der Waals surface area (Å²) in [6, 6.07) is 26.2. The summed E-state index contributed by atoms with van der Waals surface area (Å²) in [4.78, 5) is 16.4. The zero-order chi connectivity index (χ0) is 28.8. The summed E-state index contributed by atoms with van der Waals surface area (Å²) in [6.45, 7) is 1.82. The number of thioether (sulfide) groups is 1. The van der Waals surface area contributed by atoms with Crippen molar-refractivity contribution in [2.75, 3.05) is 11.5 Å². The van der Waals surface area contributed by atoms with Crippen LogP contribution in [0.15, 0.2) is 78.9 Å². The molecular formula is C35H34ClNO3S. The number of benzene rings is 3. The fourth-order valence-electron chi connectivity index (χ4n) is 5.33. The molecule has 6 heteroatoms. The highest BCUT2D eigenvalue weighted by atomic mass is 35.5. The quantitative estimate of drug-likeness (QED) is 0.141. The Labute approximate surface area is 251 Å². The minimum absolute atomic E-state index is 0.101. The number of aliphatic hydroxyl groups is 1. The second kappa shape index (κ2) is 13.6. The molecule has 1 aliphatic carbocycles. The molecule has 1 aromatic heterocycles. The molecule has 41 heavy (non-hydrogen) atoms. The predicted molar refractivity (Wildman–Crippen MR) is 169 cm³/mol. The lowest BCUT2D eigenvalue weighted by atomic mass is 9.84. The van der Waals surface area contributed by atoms with Crippen molar-refractivity contribution in [2.24, 2.45) is 11.8 Å². The third-order valence-electron chi connectivity index (χ3n) is 7.58. The molecule has 1 heterocycles. The summed E-state index contributed by atoms with van der Waals surface area (Å²) in [5, 5.41) is 21.5. The van der Waals surface area contributed by atoms with Crippen LogP contribution in [-0.2, 0) is 11.2 Å². The van der Waals surface area contributed by atoms with Crippen molar-refractivity contribution in [3.63, 3.8) is 0 Å². The van der Waals surface area contributed by atoms with Gasteiger partial charge in [-0.3, -0.25) is 4.79 Å². The number of rotatable bonds is 11. The molecule has 1 saturated carbocycles. The van der Waals surface area contributed by atoms with Gasteiger partial charge < -0.3 is 10.2 Å². The van der Waals surface area contributed by atoms with Crippen LogP contribution < -0.4 is 0 Å². The van der Waals surface area contributed by atoms with Crippen LogP contribution in [0.1, 0.15) is 60.1 Å². The molecule has 3 atom stereocenters. The summed E-state index contributed by atoms with van der Waals surface area (Å²) < 4.78 is 0. The van der Waals surface area contributed by atoms with Gasteiger partial charge in [-0.05, 0) is 97.2 Å². The molecule has 2 N–H and O–H groups in total. The van der Waals surface area contributed by atoms with Crippen LogP contribution in [0.2, 0.25) is 5.02 Å². The highest BCUT2D eigenvalue weighted by Gasteiger charge is 2.35. The van der Waals surface area contributed by atoms with Gasteiger partial charge in [-0.1, -0.05) is 66.1 Å². The van der Waals surface area contributed by atoms with E-state index in [0.717, 1.165) is 52.6 Å². The zero-order valence-corrected chi connectivity index (χ0v) is 24.7. The largest absolute Gasteiger partial charge is 0.481 e. The van der Waals surface area contributed by atoms with Gasteiger partial charge in [0.25, 0.3) is 0 Å². The van der Waals surface area contributed by atoms with Crippen molar-refractivity contribution >= 4 is 40.2 Å². The average molecular weight is 584 g/mol. The molecule has 1 fully saturated rings. The van der Waals surface area contributed by atoms with Gasteiger partial charge >= 0.3 is 5.97 Å². The Bertz CT molecular complexity index is 1590. The number of aliphatic carboxylic acids is 1. The number of hydrogen-bond acceptors (Lipinski definition) is 4. The van der Waals surface area contributed by atoms with Gasteiger partial charge in [-0.25, -0.2) is 4.98 Å². The van der Waals surface area contributed by atoms with E-state index in [-0.39, 0.29) is 11.8 Å². The molecular weight excluding hydrogens is 550 g/mol. The smallest absolute Gasteiger partial charge is 0.307 e. The zero-order valence-electron chi connectivity index (χ0n) is 23.1. The number of aromatic nitrogens is 1. The van der Waals surface area contributed by atoms with E-state index in [1.165, 1.54) is 5.56 Å². The molecule has 0 aliphatic heterocycles. The average Bonchev–Trinajstić information content (AvgIpc) is 3.79. The SMILES string of the molecule is CC(O)Cc1ccccc1C(CCSCC(C(=O)O)C1CC1)c1cccc(C#Cc2ccc3ccc(Cl)cc3n2)c1. The minimum atomic E-state index is -0.672. The topological polar surface area (TPSA) is 70.4 Å². The van der Waals surface area contributed by atoms with E-state index in [2.05, 4.69) is 47.2 Å². The van der Waals surface area contributed by atoms with E-state index >= 15 is 0 Å². The summed E-state index contributed by atoms with van der Waals surface area (Å²) in [6.07, 6.45) is 3.07. The lowest BCUT2D eigenvalue weighted by Gasteiger charge is -2.22. The molecule has 0 saturated heterocycles. The summed E-state index contributed by atoms with van der Waals surface area (Å²) in [5.74, 6) is 7.52. The predicted octanol–water partition coefficient (Wildman–Crippen LogP) is 7.58. The Balaban J connectivity index is 1.39. The highest BCUT2D eigenvalue weighted by Crippen LogP contribution is 2.39. The maximum Gasteiger partial charge on any atom is 0.307 e. The maximum absolute atomic E-state index is 11.7. The molecule has 0 spiro atoms. The Hall–Kier alpha value is -3.30. The first-order valence-corrected chi connectivity index (χ1v) is 15.7.